The summed E-state index contributed by atoms with van der Waals surface area (Å²) in [6, 6.07) is -2.99. The number of Topliss-reactive ketones (excluding diaryl/α,β-unsaturated/α-hetero) is 1. The Balaban J connectivity index is 2.26. The van der Waals surface area contributed by atoms with Crippen molar-refractivity contribution >= 4 is 35.5 Å². The minimum atomic E-state index is -1.13. The van der Waals surface area contributed by atoms with E-state index < -0.39 is 58.7 Å². The molecule has 2 rings (SSSR count). The van der Waals surface area contributed by atoms with Crippen molar-refractivity contribution in [3.05, 3.63) is 12.7 Å². The normalized spacial score (nSPS) is 22.1. The zero-order valence-electron chi connectivity index (χ0n) is 26.5. The van der Waals surface area contributed by atoms with Gasteiger partial charge in [0.15, 0.2) is 0 Å². The molecule has 0 bridgehead atoms. The number of nitrogens with one attached hydrogen (secondary N) is 4. The van der Waals surface area contributed by atoms with E-state index in [0.717, 1.165) is 0 Å². The SMILES string of the molecule is C=CCCC(NC(=O)C1C2C(CN1C(=O)C(NC(=O)OC(C)(C)C)C(C)(C)C)C2(C)C)C(=O)C(=O)NCCNC(C)=O. The number of hydrogen-bond acceptors (Lipinski definition) is 7. The van der Waals surface area contributed by atoms with Crippen LogP contribution in [0, 0.1) is 22.7 Å². The first-order valence-electron chi connectivity index (χ1n) is 14.5. The van der Waals surface area contributed by atoms with Gasteiger partial charge in [0.05, 0.1) is 6.04 Å². The minimum absolute atomic E-state index is 0.0496. The monoisotopic (exact) mass is 591 g/mol. The van der Waals surface area contributed by atoms with Crippen LogP contribution in [0.3, 0.4) is 0 Å². The van der Waals surface area contributed by atoms with Crippen molar-refractivity contribution in [3.8, 4) is 0 Å². The number of piperidine rings is 1. The van der Waals surface area contributed by atoms with Gasteiger partial charge in [-0.2, -0.15) is 0 Å². The van der Waals surface area contributed by atoms with E-state index in [9.17, 15) is 28.8 Å². The summed E-state index contributed by atoms with van der Waals surface area (Å²) in [6.45, 7) is 20.2. The molecule has 1 saturated carbocycles. The molecule has 5 atom stereocenters. The molecule has 12 nitrogen and oxygen atoms in total. The quantitative estimate of drug-likeness (QED) is 0.152. The molecule has 2 aliphatic rings. The van der Waals surface area contributed by atoms with Gasteiger partial charge in [0.2, 0.25) is 23.5 Å². The molecule has 1 aliphatic heterocycles. The van der Waals surface area contributed by atoms with Gasteiger partial charge in [-0.1, -0.05) is 40.7 Å². The number of hydrogen-bond donors (Lipinski definition) is 4. The maximum Gasteiger partial charge on any atom is 0.408 e. The van der Waals surface area contributed by atoms with Crippen molar-refractivity contribution in [2.75, 3.05) is 19.6 Å². The van der Waals surface area contributed by atoms with Crippen LogP contribution >= 0.6 is 0 Å². The smallest absolute Gasteiger partial charge is 0.408 e. The minimum Gasteiger partial charge on any atom is -0.444 e. The Morgan fingerprint density at radius 3 is 2.12 bits per heavy atom. The Kier molecular flexibility index (Phi) is 11.0. The third-order valence-electron chi connectivity index (χ3n) is 7.83. The van der Waals surface area contributed by atoms with Gasteiger partial charge in [-0.05, 0) is 56.3 Å². The fourth-order valence-electron chi connectivity index (χ4n) is 5.52. The van der Waals surface area contributed by atoms with E-state index in [4.69, 9.17) is 4.74 Å². The van der Waals surface area contributed by atoms with Crippen LogP contribution in [0.25, 0.3) is 0 Å². The predicted octanol–water partition coefficient (Wildman–Crippen LogP) is 1.68. The number of ketones is 1. The topological polar surface area (TPSA) is 163 Å². The predicted molar refractivity (Wildman–Crippen MR) is 157 cm³/mol. The Morgan fingerprint density at radius 1 is 1.00 bits per heavy atom. The largest absolute Gasteiger partial charge is 0.444 e. The summed E-state index contributed by atoms with van der Waals surface area (Å²) < 4.78 is 5.40. The molecule has 5 unspecified atom stereocenters. The molecule has 42 heavy (non-hydrogen) atoms. The van der Waals surface area contributed by atoms with Gasteiger partial charge in [0, 0.05) is 26.6 Å². The molecule has 5 amide bonds. The van der Waals surface area contributed by atoms with Crippen molar-refractivity contribution in [2.24, 2.45) is 22.7 Å². The Labute approximate surface area is 249 Å². The van der Waals surface area contributed by atoms with Crippen LogP contribution in [0.4, 0.5) is 4.79 Å². The third-order valence-corrected chi connectivity index (χ3v) is 7.83. The Morgan fingerprint density at radius 2 is 1.60 bits per heavy atom. The first kappa shape index (κ1) is 34.8. The summed E-state index contributed by atoms with van der Waals surface area (Å²) in [6.07, 6.45) is 1.37. The average Bonchev–Trinajstić information content (AvgIpc) is 3.18. The second kappa shape index (κ2) is 13.2. The lowest BCUT2D eigenvalue weighted by Gasteiger charge is -2.38. The fourth-order valence-corrected chi connectivity index (χ4v) is 5.52. The zero-order chi connectivity index (χ0) is 32.2. The maximum atomic E-state index is 14.0. The van der Waals surface area contributed by atoms with Crippen LogP contribution in [-0.4, -0.2) is 83.8 Å². The number of alkyl carbamates (subject to hydrolysis) is 1. The zero-order valence-corrected chi connectivity index (χ0v) is 26.5. The molecule has 0 aromatic carbocycles. The fraction of sp³-hybridized carbons (Fsp3) is 0.733. The molecule has 1 aliphatic carbocycles. The second-order valence-corrected chi connectivity index (χ2v) is 13.9. The van der Waals surface area contributed by atoms with E-state index in [1.165, 1.54) is 11.8 Å². The van der Waals surface area contributed by atoms with Crippen molar-refractivity contribution in [3.63, 3.8) is 0 Å². The van der Waals surface area contributed by atoms with Crippen molar-refractivity contribution in [2.45, 2.75) is 98.9 Å². The van der Waals surface area contributed by atoms with Gasteiger partial charge in [-0.15, -0.1) is 6.58 Å². The summed E-state index contributed by atoms with van der Waals surface area (Å²) in [5.74, 6) is -2.99. The molecule has 236 valence electrons. The van der Waals surface area contributed by atoms with Gasteiger partial charge in [0.1, 0.15) is 17.7 Å². The van der Waals surface area contributed by atoms with Crippen LogP contribution < -0.4 is 21.3 Å². The molecule has 2 fully saturated rings. The van der Waals surface area contributed by atoms with E-state index >= 15 is 0 Å². The highest BCUT2D eigenvalue weighted by Gasteiger charge is 2.70. The molecule has 1 heterocycles. The highest BCUT2D eigenvalue weighted by atomic mass is 16.6. The summed E-state index contributed by atoms with van der Waals surface area (Å²) in [5.41, 5.74) is -1.66. The maximum absolute atomic E-state index is 14.0. The summed E-state index contributed by atoms with van der Waals surface area (Å²) in [4.78, 5) is 78.6. The molecule has 1 saturated heterocycles. The average molecular weight is 592 g/mol. The van der Waals surface area contributed by atoms with Gasteiger partial charge < -0.3 is 30.9 Å². The van der Waals surface area contributed by atoms with Gasteiger partial charge >= 0.3 is 6.09 Å². The molecule has 0 spiro atoms. The van der Waals surface area contributed by atoms with Crippen LogP contribution in [0.5, 0.6) is 0 Å². The molecular weight excluding hydrogens is 542 g/mol. The van der Waals surface area contributed by atoms with E-state index in [2.05, 4.69) is 27.8 Å². The summed E-state index contributed by atoms with van der Waals surface area (Å²) in [7, 11) is 0. The first-order chi connectivity index (χ1) is 19.2. The van der Waals surface area contributed by atoms with Gasteiger partial charge in [-0.25, -0.2) is 4.79 Å². The molecule has 0 aromatic rings. The molecule has 12 heteroatoms. The van der Waals surface area contributed by atoms with Crippen LogP contribution in [0.1, 0.15) is 75.2 Å². The molecule has 0 radical (unpaired) electrons. The number of fused-ring (bicyclic) bond motifs is 1. The Hall–Kier alpha value is -3.44. The number of carbonyl (C=O) groups is 6. The number of nitrogens with zero attached hydrogens (tertiary/aromatic N) is 1. The lowest BCUT2D eigenvalue weighted by atomic mass is 9.85. The summed E-state index contributed by atoms with van der Waals surface area (Å²) in [5, 5.41) is 10.4. The van der Waals surface area contributed by atoms with E-state index in [0.29, 0.717) is 13.0 Å². The first-order valence-corrected chi connectivity index (χ1v) is 14.5. The molecular formula is C30H49N5O7. The number of amides is 5. The molecule has 0 aromatic heterocycles. The van der Waals surface area contributed by atoms with Crippen LogP contribution in [0.15, 0.2) is 12.7 Å². The highest BCUT2D eigenvalue weighted by molar-refractivity contribution is 6.38. The Bertz CT molecular complexity index is 1090. The van der Waals surface area contributed by atoms with Crippen LogP contribution in [0.2, 0.25) is 0 Å². The summed E-state index contributed by atoms with van der Waals surface area (Å²) >= 11 is 0. The lowest BCUT2D eigenvalue weighted by Crippen LogP contribution is -2.60. The van der Waals surface area contributed by atoms with Gasteiger partial charge in [0.25, 0.3) is 5.91 Å². The number of ether oxygens (including phenoxy) is 1. The van der Waals surface area contributed by atoms with Crippen molar-refractivity contribution in [1.82, 2.24) is 26.2 Å². The number of likely N-dealkylation sites (tertiary alicyclic amines) is 1. The number of carbonyl (C=O) groups excluding carboxylic acids is 6. The van der Waals surface area contributed by atoms with Crippen molar-refractivity contribution in [1.29, 1.82) is 0 Å². The number of allylic oxidation sites excluding steroid dienone is 1. The third kappa shape index (κ3) is 8.78. The lowest BCUT2D eigenvalue weighted by molar-refractivity contribution is -0.145. The molecule has 4 N–H and O–H groups in total. The van der Waals surface area contributed by atoms with Gasteiger partial charge in [-0.3, -0.25) is 24.0 Å². The van der Waals surface area contributed by atoms with Crippen molar-refractivity contribution < 1.29 is 33.5 Å². The highest BCUT2D eigenvalue weighted by Crippen LogP contribution is 2.65. The van der Waals surface area contributed by atoms with E-state index in [-0.39, 0.29) is 42.7 Å². The van der Waals surface area contributed by atoms with Crippen LogP contribution in [-0.2, 0) is 28.7 Å². The van der Waals surface area contributed by atoms with E-state index in [1.54, 1.807) is 26.8 Å². The second-order valence-electron chi connectivity index (χ2n) is 13.9. The number of rotatable bonds is 12. The standard InChI is InChI=1S/C30H49N5O7/c1-11-12-13-19(22(37)25(39)32-15-14-31-17(2)36)33-24(38)21-20-18(30(20,9)10)16-35(21)26(40)23(28(3,4)5)34-27(41)42-29(6,7)8/h11,18-21,23H,1,12-16H2,2-10H3,(H,31,36)(H,32,39)(H,33,38)(H,34,41). The van der Waals surface area contributed by atoms with E-state index in [1.807, 2.05) is 34.6 Å².